The molecule has 0 spiro atoms. The molecule has 0 bridgehead atoms. The highest BCUT2D eigenvalue weighted by Gasteiger charge is 2.17. The SMILES string of the molecule is COCCNC(=O)c1cc(S(N)(=O)=O)c(C)cc1C. The number of primary sulfonamides is 1. The molecule has 19 heavy (non-hydrogen) atoms. The Labute approximate surface area is 113 Å². The molecule has 1 aromatic carbocycles. The van der Waals surface area contributed by atoms with Crippen LogP contribution in [0.15, 0.2) is 17.0 Å². The highest BCUT2D eigenvalue weighted by Crippen LogP contribution is 2.19. The number of carbonyl (C=O) groups is 1. The molecule has 7 heteroatoms. The minimum atomic E-state index is -3.84. The van der Waals surface area contributed by atoms with Gasteiger partial charge < -0.3 is 10.1 Å². The lowest BCUT2D eigenvalue weighted by molar-refractivity contribution is 0.0936. The third-order valence-electron chi connectivity index (χ3n) is 2.66. The van der Waals surface area contributed by atoms with Crippen molar-refractivity contribution in [1.82, 2.24) is 5.32 Å². The summed E-state index contributed by atoms with van der Waals surface area (Å²) in [7, 11) is -2.31. The van der Waals surface area contributed by atoms with Crippen LogP contribution in [0, 0.1) is 13.8 Å². The number of rotatable bonds is 5. The zero-order valence-electron chi connectivity index (χ0n) is 11.2. The topological polar surface area (TPSA) is 98.5 Å². The van der Waals surface area contributed by atoms with Crippen molar-refractivity contribution < 1.29 is 17.9 Å². The molecule has 0 aliphatic heterocycles. The number of benzene rings is 1. The van der Waals surface area contributed by atoms with Gasteiger partial charge in [0, 0.05) is 19.2 Å². The minimum Gasteiger partial charge on any atom is -0.383 e. The van der Waals surface area contributed by atoms with E-state index in [9.17, 15) is 13.2 Å². The molecule has 0 radical (unpaired) electrons. The number of sulfonamides is 1. The van der Waals surface area contributed by atoms with Crippen LogP contribution in [0.4, 0.5) is 0 Å². The third-order valence-corrected chi connectivity index (χ3v) is 3.72. The van der Waals surface area contributed by atoms with Gasteiger partial charge in [0.25, 0.3) is 5.91 Å². The number of carbonyl (C=O) groups excluding carboxylic acids is 1. The molecule has 6 nitrogen and oxygen atoms in total. The van der Waals surface area contributed by atoms with Gasteiger partial charge in [-0.25, -0.2) is 13.6 Å². The van der Waals surface area contributed by atoms with Crippen LogP contribution in [-0.4, -0.2) is 34.6 Å². The molecule has 0 fully saturated rings. The van der Waals surface area contributed by atoms with Gasteiger partial charge >= 0.3 is 0 Å². The number of ether oxygens (including phenoxy) is 1. The maximum Gasteiger partial charge on any atom is 0.251 e. The largest absolute Gasteiger partial charge is 0.383 e. The van der Waals surface area contributed by atoms with E-state index >= 15 is 0 Å². The van der Waals surface area contributed by atoms with Gasteiger partial charge in [0.1, 0.15) is 0 Å². The first kappa shape index (κ1) is 15.6. The normalized spacial score (nSPS) is 11.4. The molecule has 0 saturated heterocycles. The molecule has 0 aliphatic rings. The highest BCUT2D eigenvalue weighted by molar-refractivity contribution is 7.89. The number of amides is 1. The van der Waals surface area contributed by atoms with Crippen molar-refractivity contribution in [3.8, 4) is 0 Å². The Bertz CT molecular complexity index is 582. The number of hydrogen-bond acceptors (Lipinski definition) is 4. The Balaban J connectivity index is 3.11. The van der Waals surface area contributed by atoms with Crippen LogP contribution in [0.3, 0.4) is 0 Å². The summed E-state index contributed by atoms with van der Waals surface area (Å²) in [5.74, 6) is -0.348. The van der Waals surface area contributed by atoms with E-state index in [1.807, 2.05) is 0 Å². The van der Waals surface area contributed by atoms with Gasteiger partial charge in [0.2, 0.25) is 10.0 Å². The summed E-state index contributed by atoms with van der Waals surface area (Å²) >= 11 is 0. The van der Waals surface area contributed by atoms with E-state index in [1.54, 1.807) is 19.9 Å². The Morgan fingerprint density at radius 2 is 1.95 bits per heavy atom. The second-order valence-electron chi connectivity index (χ2n) is 4.23. The third kappa shape index (κ3) is 4.02. The Kier molecular flexibility index (Phi) is 5.04. The Morgan fingerprint density at radius 1 is 1.32 bits per heavy atom. The predicted molar refractivity (Wildman–Crippen MR) is 71.5 cm³/mol. The van der Waals surface area contributed by atoms with Gasteiger partial charge in [-0.05, 0) is 31.0 Å². The van der Waals surface area contributed by atoms with Gasteiger partial charge in [-0.1, -0.05) is 6.07 Å². The average Bonchev–Trinajstić information content (AvgIpc) is 2.27. The van der Waals surface area contributed by atoms with Gasteiger partial charge in [-0.15, -0.1) is 0 Å². The number of methoxy groups -OCH3 is 1. The molecular weight excluding hydrogens is 268 g/mol. The van der Waals surface area contributed by atoms with E-state index in [4.69, 9.17) is 9.88 Å². The van der Waals surface area contributed by atoms with E-state index < -0.39 is 10.0 Å². The zero-order valence-corrected chi connectivity index (χ0v) is 12.0. The van der Waals surface area contributed by atoms with Gasteiger partial charge in [0.05, 0.1) is 11.5 Å². The smallest absolute Gasteiger partial charge is 0.251 e. The number of nitrogens with one attached hydrogen (secondary N) is 1. The fourth-order valence-corrected chi connectivity index (χ4v) is 2.54. The summed E-state index contributed by atoms with van der Waals surface area (Å²) in [6.45, 7) is 4.12. The predicted octanol–water partition coefficient (Wildman–Crippen LogP) is 0.327. The summed E-state index contributed by atoms with van der Waals surface area (Å²) in [5.41, 5.74) is 1.51. The second-order valence-corrected chi connectivity index (χ2v) is 5.76. The van der Waals surface area contributed by atoms with Gasteiger partial charge in [-0.2, -0.15) is 0 Å². The highest BCUT2D eigenvalue weighted by atomic mass is 32.2. The van der Waals surface area contributed by atoms with Crippen LogP contribution >= 0.6 is 0 Å². The van der Waals surface area contributed by atoms with Crippen molar-refractivity contribution in [1.29, 1.82) is 0 Å². The van der Waals surface area contributed by atoms with E-state index in [2.05, 4.69) is 5.32 Å². The molecule has 106 valence electrons. The minimum absolute atomic E-state index is 0.0324. The van der Waals surface area contributed by atoms with E-state index in [1.165, 1.54) is 13.2 Å². The van der Waals surface area contributed by atoms with Crippen molar-refractivity contribution in [2.75, 3.05) is 20.3 Å². The van der Waals surface area contributed by atoms with Crippen molar-refractivity contribution in [2.24, 2.45) is 5.14 Å². The molecule has 0 saturated carbocycles. The lowest BCUT2D eigenvalue weighted by atomic mass is 10.1. The van der Waals surface area contributed by atoms with Crippen LogP contribution in [0.5, 0.6) is 0 Å². The summed E-state index contributed by atoms with van der Waals surface area (Å²) in [4.78, 5) is 11.9. The average molecular weight is 286 g/mol. The van der Waals surface area contributed by atoms with Crippen molar-refractivity contribution >= 4 is 15.9 Å². The molecule has 1 aromatic rings. The van der Waals surface area contributed by atoms with E-state index in [0.29, 0.717) is 29.8 Å². The Hall–Kier alpha value is -1.44. The zero-order chi connectivity index (χ0) is 14.6. The molecule has 0 aliphatic carbocycles. The number of nitrogens with two attached hydrogens (primary N) is 1. The van der Waals surface area contributed by atoms with Crippen LogP contribution in [0.1, 0.15) is 21.5 Å². The summed E-state index contributed by atoms with van der Waals surface area (Å²) in [6, 6.07) is 2.94. The van der Waals surface area contributed by atoms with E-state index in [-0.39, 0.29) is 10.8 Å². The lowest BCUT2D eigenvalue weighted by Crippen LogP contribution is -2.28. The van der Waals surface area contributed by atoms with Crippen LogP contribution in [0.2, 0.25) is 0 Å². The standard InChI is InChI=1S/C12H18N2O4S/c1-8-6-9(2)11(19(13,16)17)7-10(8)12(15)14-4-5-18-3/h6-7H,4-5H2,1-3H3,(H,14,15)(H2,13,16,17). The summed E-state index contributed by atoms with van der Waals surface area (Å²) < 4.78 is 27.7. The number of aryl methyl sites for hydroxylation is 2. The maximum atomic E-state index is 11.9. The van der Waals surface area contributed by atoms with Crippen LogP contribution in [-0.2, 0) is 14.8 Å². The summed E-state index contributed by atoms with van der Waals surface area (Å²) in [6.07, 6.45) is 0. The van der Waals surface area contributed by atoms with Crippen molar-refractivity contribution in [3.63, 3.8) is 0 Å². The lowest BCUT2D eigenvalue weighted by Gasteiger charge is -2.11. The quantitative estimate of drug-likeness (QED) is 0.762. The fourth-order valence-electron chi connectivity index (χ4n) is 1.75. The molecular formula is C12H18N2O4S. The van der Waals surface area contributed by atoms with Gasteiger partial charge in [-0.3, -0.25) is 4.79 Å². The molecule has 1 rings (SSSR count). The molecule has 1 amide bonds. The maximum absolute atomic E-state index is 11.9. The Morgan fingerprint density at radius 3 is 2.47 bits per heavy atom. The molecule has 3 N–H and O–H groups in total. The first-order valence-electron chi connectivity index (χ1n) is 5.68. The molecule has 0 aromatic heterocycles. The second kappa shape index (κ2) is 6.14. The molecule has 0 heterocycles. The fraction of sp³-hybridized carbons (Fsp3) is 0.417. The molecule has 0 atom stereocenters. The first-order chi connectivity index (χ1) is 8.77. The van der Waals surface area contributed by atoms with E-state index in [0.717, 1.165) is 0 Å². The van der Waals surface area contributed by atoms with Crippen LogP contribution < -0.4 is 10.5 Å². The summed E-state index contributed by atoms with van der Waals surface area (Å²) in [5, 5.41) is 7.76. The van der Waals surface area contributed by atoms with Crippen LogP contribution in [0.25, 0.3) is 0 Å². The number of hydrogen-bond donors (Lipinski definition) is 2. The van der Waals surface area contributed by atoms with Crippen molar-refractivity contribution in [3.05, 3.63) is 28.8 Å². The molecule has 0 unspecified atom stereocenters. The monoisotopic (exact) mass is 286 g/mol. The van der Waals surface area contributed by atoms with Crippen molar-refractivity contribution in [2.45, 2.75) is 18.7 Å². The van der Waals surface area contributed by atoms with Gasteiger partial charge in [0.15, 0.2) is 0 Å². The first-order valence-corrected chi connectivity index (χ1v) is 7.23.